The van der Waals surface area contributed by atoms with Gasteiger partial charge in [0.05, 0.1) is 25.0 Å². The maximum Gasteiger partial charge on any atom is 0.163 e. The number of carbonyl (C=O) groups excluding carboxylic acids is 2. The van der Waals surface area contributed by atoms with E-state index in [0.29, 0.717) is 18.0 Å². The van der Waals surface area contributed by atoms with E-state index >= 15 is 0 Å². The fraction of sp³-hybridized carbons (Fsp3) is 0.457. The van der Waals surface area contributed by atoms with Crippen molar-refractivity contribution in [3.8, 4) is 11.5 Å². The first kappa shape index (κ1) is 31.8. The van der Waals surface area contributed by atoms with E-state index in [1.165, 1.54) is 30.9 Å². The van der Waals surface area contributed by atoms with Crippen molar-refractivity contribution in [3.63, 3.8) is 0 Å². The Labute approximate surface area is 273 Å². The third kappa shape index (κ3) is 6.42. The van der Waals surface area contributed by atoms with Gasteiger partial charge in [0.1, 0.15) is 23.3 Å². The van der Waals surface area contributed by atoms with E-state index in [9.17, 15) is 14.7 Å². The molecule has 1 fully saturated rings. The maximum absolute atomic E-state index is 12.9. The molecule has 5 N–H and O–H groups in total. The second-order valence-electron chi connectivity index (χ2n) is 12.6. The fourth-order valence-corrected chi connectivity index (χ4v) is 11.5. The van der Waals surface area contributed by atoms with Crippen LogP contribution in [0.5, 0.6) is 11.5 Å². The summed E-state index contributed by atoms with van der Waals surface area (Å²) < 4.78 is 5.45. The van der Waals surface area contributed by atoms with E-state index in [4.69, 9.17) is 15.5 Å². The second-order valence-corrected chi connectivity index (χ2v) is 15.2. The Balaban J connectivity index is 1.57. The predicted molar refractivity (Wildman–Crippen MR) is 182 cm³/mol. The molecule has 1 saturated carbocycles. The molecule has 2 aliphatic heterocycles. The normalized spacial score (nSPS) is 28.0. The summed E-state index contributed by atoms with van der Waals surface area (Å²) in [7, 11) is 5.30. The van der Waals surface area contributed by atoms with Gasteiger partial charge >= 0.3 is 0 Å². The minimum Gasteiger partial charge on any atom is -0.504 e. The number of anilines is 1. The maximum atomic E-state index is 12.9. The van der Waals surface area contributed by atoms with Gasteiger partial charge in [0.2, 0.25) is 0 Å². The zero-order valence-corrected chi connectivity index (χ0v) is 27.6. The molecule has 45 heavy (non-hydrogen) atoms. The number of aromatic hydroxyl groups is 1. The van der Waals surface area contributed by atoms with Crippen LogP contribution >= 0.6 is 21.6 Å². The van der Waals surface area contributed by atoms with E-state index < -0.39 is 0 Å². The molecule has 5 unspecified atom stereocenters. The monoisotopic (exact) mass is 647 g/mol. The quantitative estimate of drug-likeness (QED) is 0.195. The first-order valence-corrected chi connectivity index (χ1v) is 18.3. The summed E-state index contributed by atoms with van der Waals surface area (Å²) in [5.41, 5.74) is 10.3. The van der Waals surface area contributed by atoms with Crippen LogP contribution in [0.1, 0.15) is 91.7 Å². The molecule has 6 rings (SSSR count). The van der Waals surface area contributed by atoms with E-state index in [2.05, 4.69) is 42.9 Å². The van der Waals surface area contributed by atoms with Gasteiger partial charge in [-0.05, 0) is 66.1 Å². The molecule has 0 saturated heterocycles. The smallest absolute Gasteiger partial charge is 0.163 e. The average Bonchev–Trinajstić information content (AvgIpc) is 3.75. The standard InChI is InChI=1S/C35H42N4O4S2/c1-3-22-6-8-25(40)18-26(41)9-7-23-17-31(43-2)30(42)19-28(23)27-10-11-32(22)44-45-33(29-16-24(27)20-38-34(29)36)35(12-4-5-13-35)39-15-14-37-21-39/h7,9-11,14-17,19-20,22,27,32-33,37,42H,3-6,8,12-13,18,21H2,1-2H3,(H2,36,38)/p+1. The van der Waals surface area contributed by atoms with Crippen LogP contribution in [0.4, 0.5) is 5.82 Å². The average molecular weight is 648 g/mol. The molecule has 4 bridgehead atoms. The second kappa shape index (κ2) is 13.6. The van der Waals surface area contributed by atoms with E-state index in [1.807, 2.05) is 27.8 Å². The molecule has 8 nitrogen and oxygen atoms in total. The topological polar surface area (TPSA) is 119 Å². The summed E-state index contributed by atoms with van der Waals surface area (Å²) in [5, 5.41) is 14.6. The van der Waals surface area contributed by atoms with Gasteiger partial charge in [-0.1, -0.05) is 53.2 Å². The molecule has 238 valence electrons. The number of allylic oxidation sites excluding steroid dienone is 2. The number of aromatic nitrogens is 1. The highest BCUT2D eigenvalue weighted by Crippen LogP contribution is 2.54. The number of fused-ring (bicyclic) bond motifs is 7. The minimum absolute atomic E-state index is 0.0222. The molecule has 1 aromatic carbocycles. The third-order valence-corrected chi connectivity index (χ3v) is 13.4. The number of phenolic OH excluding ortho intramolecular Hbond substituents is 1. The number of hydrogen-bond acceptors (Lipinski definition) is 9. The number of hydrogen-bond donors (Lipinski definition) is 4. The molecule has 0 spiro atoms. The number of ketones is 2. The number of phenols is 1. The third-order valence-electron chi connectivity index (χ3n) is 10.0. The summed E-state index contributed by atoms with van der Waals surface area (Å²) in [4.78, 5) is 32.0. The van der Waals surface area contributed by atoms with E-state index in [-0.39, 0.29) is 51.6 Å². The number of Topliss-reactive ketones (excluding diaryl/α,β-unsaturated/α-hetero) is 1. The van der Waals surface area contributed by atoms with Gasteiger partial charge in [-0.25, -0.2) is 4.98 Å². The highest BCUT2D eigenvalue weighted by molar-refractivity contribution is 8.77. The number of nitrogen functional groups attached to an aromatic ring is 1. The van der Waals surface area contributed by atoms with Crippen LogP contribution in [0.2, 0.25) is 0 Å². The molecule has 5 atom stereocenters. The first-order chi connectivity index (χ1) is 21.8. The number of nitrogens with zero attached hydrogens (tertiary/aromatic N) is 1. The molecule has 0 radical (unpaired) electrons. The fourth-order valence-electron chi connectivity index (χ4n) is 7.47. The van der Waals surface area contributed by atoms with Crippen molar-refractivity contribution in [2.24, 2.45) is 5.92 Å². The largest absolute Gasteiger partial charge is 0.504 e. The van der Waals surface area contributed by atoms with Gasteiger partial charge in [0.15, 0.2) is 24.0 Å². The zero-order valence-electron chi connectivity index (χ0n) is 26.0. The van der Waals surface area contributed by atoms with Crippen LogP contribution in [0.3, 0.4) is 0 Å². The number of carbonyl (C=O) groups is 2. The lowest BCUT2D eigenvalue weighted by molar-refractivity contribution is -0.900. The number of pyridine rings is 1. The molecule has 2 aromatic rings. The predicted octanol–water partition coefficient (Wildman–Crippen LogP) is 5.46. The first-order valence-electron chi connectivity index (χ1n) is 16.0. The Kier molecular flexibility index (Phi) is 9.63. The van der Waals surface area contributed by atoms with Crippen LogP contribution in [0.15, 0.2) is 55.0 Å². The lowest BCUT2D eigenvalue weighted by Crippen LogP contribution is -3.16. The van der Waals surface area contributed by atoms with Crippen LogP contribution < -0.4 is 20.7 Å². The minimum atomic E-state index is -0.266. The van der Waals surface area contributed by atoms with Gasteiger partial charge < -0.3 is 20.9 Å². The molecule has 0 amide bonds. The number of methoxy groups -OCH3 is 1. The number of benzene rings is 1. The Morgan fingerprint density at radius 3 is 2.69 bits per heavy atom. The summed E-state index contributed by atoms with van der Waals surface area (Å²) in [5.74, 6) is 0.607. The number of ether oxygens (including phenoxy) is 1. The SMILES string of the molecule is CCC1CCC(=O)CC(=O)C=Cc2cc(OC)c(O)cc2C2C=CC1SSC(C1([NH+]3C=CNC3)CCCC1)c1cc2cnc1N. The van der Waals surface area contributed by atoms with Crippen molar-refractivity contribution in [2.75, 3.05) is 19.5 Å². The molecule has 4 aliphatic rings. The Hall–Kier alpha value is -3.21. The Bertz CT molecular complexity index is 1530. The molecule has 1 aromatic heterocycles. The van der Waals surface area contributed by atoms with Crippen LogP contribution in [-0.4, -0.2) is 46.2 Å². The van der Waals surface area contributed by atoms with Gasteiger partial charge in [-0.15, -0.1) is 0 Å². The highest BCUT2D eigenvalue weighted by atomic mass is 33.1. The highest BCUT2D eigenvalue weighted by Gasteiger charge is 2.52. The zero-order chi connectivity index (χ0) is 31.6. The molecule has 3 heterocycles. The number of nitrogens with two attached hydrogens (primary N) is 1. The van der Waals surface area contributed by atoms with Gasteiger partial charge in [0, 0.05) is 42.2 Å². The number of quaternary nitrogens is 1. The summed E-state index contributed by atoms with van der Waals surface area (Å²) >= 11 is 0. The van der Waals surface area contributed by atoms with Gasteiger partial charge in [0.25, 0.3) is 0 Å². The Morgan fingerprint density at radius 1 is 1.13 bits per heavy atom. The van der Waals surface area contributed by atoms with Gasteiger partial charge in [-0.2, -0.15) is 0 Å². The summed E-state index contributed by atoms with van der Waals surface area (Å²) in [6, 6.07) is 5.71. The van der Waals surface area contributed by atoms with Crippen molar-refractivity contribution < 1.29 is 24.3 Å². The molecular formula is C35H43N4O4S2+. The van der Waals surface area contributed by atoms with Crippen molar-refractivity contribution in [3.05, 3.63) is 77.3 Å². The van der Waals surface area contributed by atoms with Crippen molar-refractivity contribution in [2.45, 2.75) is 80.2 Å². The van der Waals surface area contributed by atoms with Crippen molar-refractivity contribution in [1.29, 1.82) is 0 Å². The van der Waals surface area contributed by atoms with E-state index in [0.717, 1.165) is 54.6 Å². The van der Waals surface area contributed by atoms with Crippen LogP contribution in [0, 0.1) is 5.92 Å². The molecular weight excluding hydrogens is 605 g/mol. The lowest BCUT2D eigenvalue weighted by Gasteiger charge is -2.41. The molecule has 2 aliphatic carbocycles. The summed E-state index contributed by atoms with van der Waals surface area (Å²) in [6.07, 6.45) is 20.4. The van der Waals surface area contributed by atoms with Crippen molar-refractivity contribution >= 4 is 45.0 Å². The van der Waals surface area contributed by atoms with Crippen LogP contribution in [-0.2, 0) is 9.59 Å². The lowest BCUT2D eigenvalue weighted by atomic mass is 9.83. The van der Waals surface area contributed by atoms with Gasteiger partial charge in [-0.3, -0.25) is 14.5 Å². The Morgan fingerprint density at radius 2 is 1.96 bits per heavy atom. The number of rotatable bonds is 4. The van der Waals surface area contributed by atoms with E-state index in [1.54, 1.807) is 18.2 Å². The summed E-state index contributed by atoms with van der Waals surface area (Å²) in [6.45, 7) is 3.03. The molecule has 10 heteroatoms. The number of nitrogens with one attached hydrogen (secondary N) is 2. The van der Waals surface area contributed by atoms with Crippen LogP contribution in [0.25, 0.3) is 6.08 Å². The van der Waals surface area contributed by atoms with Crippen molar-refractivity contribution in [1.82, 2.24) is 10.3 Å².